The summed E-state index contributed by atoms with van der Waals surface area (Å²) in [5.74, 6) is -0.777. The monoisotopic (exact) mass is 264 g/mol. The van der Waals surface area contributed by atoms with Crippen LogP contribution in [0.3, 0.4) is 0 Å². The molecule has 6 heteroatoms. The van der Waals surface area contributed by atoms with Gasteiger partial charge in [-0.3, -0.25) is 15.2 Å². The molecule has 1 aromatic carbocycles. The van der Waals surface area contributed by atoms with E-state index in [1.165, 1.54) is 0 Å². The Labute approximate surface area is 110 Å². The number of ether oxygens (including phenoxy) is 1. The first-order chi connectivity index (χ1) is 9.13. The molecule has 1 saturated heterocycles. The van der Waals surface area contributed by atoms with Crippen LogP contribution >= 0.6 is 0 Å². The molecule has 0 aliphatic carbocycles. The summed E-state index contributed by atoms with van der Waals surface area (Å²) >= 11 is 0. The molecule has 1 heterocycles. The van der Waals surface area contributed by atoms with E-state index in [-0.39, 0.29) is 12.5 Å². The van der Waals surface area contributed by atoms with Crippen molar-refractivity contribution < 1.29 is 19.4 Å². The normalized spacial score (nSPS) is 16.1. The quantitative estimate of drug-likeness (QED) is 0.775. The lowest BCUT2D eigenvalue weighted by atomic mass is 10.1. The first-order valence-electron chi connectivity index (χ1n) is 6.14. The van der Waals surface area contributed by atoms with Gasteiger partial charge in [0.05, 0.1) is 12.3 Å². The summed E-state index contributed by atoms with van der Waals surface area (Å²) < 4.78 is 4.80. The molecule has 0 aromatic heterocycles. The van der Waals surface area contributed by atoms with Gasteiger partial charge < -0.3 is 9.84 Å². The van der Waals surface area contributed by atoms with Crippen LogP contribution in [0, 0.1) is 0 Å². The lowest BCUT2D eigenvalue weighted by molar-refractivity contribution is -0.153. The molecule has 0 radical (unpaired) electrons. The van der Waals surface area contributed by atoms with Crippen molar-refractivity contribution >= 4 is 17.6 Å². The largest absolute Gasteiger partial charge is 0.464 e. The van der Waals surface area contributed by atoms with Crippen LogP contribution in [-0.2, 0) is 14.3 Å². The van der Waals surface area contributed by atoms with Gasteiger partial charge in [0.2, 0.25) is 5.91 Å². The van der Waals surface area contributed by atoms with Gasteiger partial charge in [0.15, 0.2) is 6.10 Å². The summed E-state index contributed by atoms with van der Waals surface area (Å²) in [4.78, 5) is 22.8. The smallest absolute Gasteiger partial charge is 0.339 e. The van der Waals surface area contributed by atoms with Crippen molar-refractivity contribution in [1.29, 1.82) is 0 Å². The number of benzene rings is 1. The van der Waals surface area contributed by atoms with Crippen molar-refractivity contribution in [2.24, 2.45) is 0 Å². The number of carbonyl (C=O) groups is 2. The number of aliphatic hydroxyl groups is 1. The van der Waals surface area contributed by atoms with Crippen LogP contribution in [0.5, 0.6) is 0 Å². The highest BCUT2D eigenvalue weighted by Gasteiger charge is 2.26. The molecule has 6 nitrogen and oxygen atoms in total. The fourth-order valence-electron chi connectivity index (χ4n) is 1.97. The Bertz CT molecular complexity index is 489. The Morgan fingerprint density at radius 3 is 2.89 bits per heavy atom. The predicted molar refractivity (Wildman–Crippen MR) is 68.1 cm³/mol. The first-order valence-corrected chi connectivity index (χ1v) is 6.14. The third-order valence-corrected chi connectivity index (χ3v) is 2.85. The summed E-state index contributed by atoms with van der Waals surface area (Å²) in [6.07, 6.45) is -0.960. The van der Waals surface area contributed by atoms with Crippen LogP contribution in [0.25, 0.3) is 0 Å². The number of aliphatic hydroxyl groups excluding tert-OH is 1. The maximum absolute atomic E-state index is 11.6. The van der Waals surface area contributed by atoms with Gasteiger partial charge in [-0.25, -0.2) is 4.79 Å². The van der Waals surface area contributed by atoms with E-state index in [4.69, 9.17) is 4.74 Å². The maximum Gasteiger partial charge on any atom is 0.339 e. The van der Waals surface area contributed by atoms with Crippen LogP contribution in [0.4, 0.5) is 5.69 Å². The Hall–Kier alpha value is -2.08. The van der Waals surface area contributed by atoms with E-state index < -0.39 is 12.1 Å². The molecule has 0 spiro atoms. The van der Waals surface area contributed by atoms with Crippen LogP contribution in [0.1, 0.15) is 25.0 Å². The fraction of sp³-hybridized carbons (Fsp3) is 0.385. The van der Waals surface area contributed by atoms with E-state index in [0.717, 1.165) is 0 Å². The summed E-state index contributed by atoms with van der Waals surface area (Å²) in [7, 11) is 0. The summed E-state index contributed by atoms with van der Waals surface area (Å²) in [6, 6.07) is 6.88. The number of anilines is 1. The van der Waals surface area contributed by atoms with Crippen molar-refractivity contribution in [2.45, 2.75) is 19.4 Å². The van der Waals surface area contributed by atoms with Gasteiger partial charge in [0, 0.05) is 18.5 Å². The molecule has 1 unspecified atom stereocenters. The molecule has 2 N–H and O–H groups in total. The number of para-hydroxylation sites is 1. The van der Waals surface area contributed by atoms with E-state index in [9.17, 15) is 14.7 Å². The molecular weight excluding hydrogens is 248 g/mol. The number of nitrogens with one attached hydrogen (secondary N) is 1. The Kier molecular flexibility index (Phi) is 4.01. The second kappa shape index (κ2) is 5.71. The minimum atomic E-state index is -1.35. The van der Waals surface area contributed by atoms with Crippen molar-refractivity contribution in [2.75, 3.05) is 18.2 Å². The average Bonchev–Trinajstić information content (AvgIpc) is 2.85. The molecule has 1 aliphatic heterocycles. The minimum absolute atomic E-state index is 0.0829. The molecule has 2 rings (SSSR count). The highest BCUT2D eigenvalue weighted by molar-refractivity contribution is 5.84. The van der Waals surface area contributed by atoms with Gasteiger partial charge in [0.1, 0.15) is 0 Å². The standard InChI is InChI=1S/C13H16N2O4/c1-2-19-13(18)12(17)9-5-3-4-6-10(9)15-8-7-11(16)14-15/h3-6,12,17H,2,7-8H2,1H3,(H,14,16). The Morgan fingerprint density at radius 2 is 2.26 bits per heavy atom. The molecule has 0 saturated carbocycles. The molecule has 1 atom stereocenters. The van der Waals surface area contributed by atoms with Gasteiger partial charge in [-0.1, -0.05) is 18.2 Å². The highest BCUT2D eigenvalue weighted by atomic mass is 16.5. The van der Waals surface area contributed by atoms with Gasteiger partial charge in [0.25, 0.3) is 0 Å². The third-order valence-electron chi connectivity index (χ3n) is 2.85. The zero-order valence-corrected chi connectivity index (χ0v) is 10.6. The highest BCUT2D eigenvalue weighted by Crippen LogP contribution is 2.27. The maximum atomic E-state index is 11.6. The molecule has 1 amide bonds. The van der Waals surface area contributed by atoms with Crippen LogP contribution in [-0.4, -0.2) is 30.1 Å². The summed E-state index contributed by atoms with van der Waals surface area (Å²) in [5, 5.41) is 11.6. The zero-order valence-electron chi connectivity index (χ0n) is 10.6. The zero-order chi connectivity index (χ0) is 13.8. The van der Waals surface area contributed by atoms with Gasteiger partial charge in [-0.15, -0.1) is 0 Å². The molecule has 0 bridgehead atoms. The number of hydrogen-bond donors (Lipinski definition) is 2. The van der Waals surface area contributed by atoms with Crippen molar-refractivity contribution in [3.63, 3.8) is 0 Å². The summed E-state index contributed by atoms with van der Waals surface area (Å²) in [5.41, 5.74) is 3.69. The van der Waals surface area contributed by atoms with E-state index in [0.29, 0.717) is 24.2 Å². The minimum Gasteiger partial charge on any atom is -0.464 e. The second-order valence-corrected chi connectivity index (χ2v) is 4.15. The van der Waals surface area contributed by atoms with Gasteiger partial charge in [-0.2, -0.15) is 0 Å². The lowest BCUT2D eigenvalue weighted by Crippen LogP contribution is -2.34. The predicted octanol–water partition coefficient (Wildman–Crippen LogP) is 0.524. The molecule has 19 heavy (non-hydrogen) atoms. The topological polar surface area (TPSA) is 78.9 Å². The molecule has 1 aromatic rings. The van der Waals surface area contributed by atoms with Crippen molar-refractivity contribution in [1.82, 2.24) is 5.43 Å². The van der Waals surface area contributed by atoms with Gasteiger partial charge >= 0.3 is 5.97 Å². The fourth-order valence-corrected chi connectivity index (χ4v) is 1.97. The molecule has 1 fully saturated rings. The number of carbonyl (C=O) groups excluding carboxylic acids is 2. The number of amides is 1. The Morgan fingerprint density at radius 1 is 1.53 bits per heavy atom. The van der Waals surface area contributed by atoms with E-state index in [2.05, 4.69) is 5.43 Å². The van der Waals surface area contributed by atoms with Crippen LogP contribution < -0.4 is 10.4 Å². The summed E-state index contributed by atoms with van der Waals surface area (Å²) in [6.45, 7) is 2.39. The van der Waals surface area contributed by atoms with Gasteiger partial charge in [-0.05, 0) is 13.0 Å². The molecular formula is C13H16N2O4. The average molecular weight is 264 g/mol. The van der Waals surface area contributed by atoms with Crippen molar-refractivity contribution in [3.05, 3.63) is 29.8 Å². The number of hydrazine groups is 1. The third kappa shape index (κ3) is 2.85. The molecule has 1 aliphatic rings. The number of nitrogens with zero attached hydrogens (tertiary/aromatic N) is 1. The van der Waals surface area contributed by atoms with Crippen LogP contribution in [0.2, 0.25) is 0 Å². The number of esters is 1. The van der Waals surface area contributed by atoms with E-state index in [1.807, 2.05) is 0 Å². The van der Waals surface area contributed by atoms with Crippen molar-refractivity contribution in [3.8, 4) is 0 Å². The number of rotatable bonds is 4. The lowest BCUT2D eigenvalue weighted by Gasteiger charge is -2.22. The first kappa shape index (κ1) is 13.4. The second-order valence-electron chi connectivity index (χ2n) is 4.15. The molecule has 102 valence electrons. The van der Waals surface area contributed by atoms with Crippen LogP contribution in [0.15, 0.2) is 24.3 Å². The SMILES string of the molecule is CCOC(=O)C(O)c1ccccc1N1CCC(=O)N1. The Balaban J connectivity index is 2.25. The number of hydrogen-bond acceptors (Lipinski definition) is 5. The van der Waals surface area contributed by atoms with E-state index >= 15 is 0 Å². The van der Waals surface area contributed by atoms with E-state index in [1.54, 1.807) is 36.2 Å².